The first-order valence-corrected chi connectivity index (χ1v) is 8.38. The Morgan fingerprint density at radius 1 is 1.43 bits per heavy atom. The minimum Gasteiger partial charge on any atom is -0.355 e. The van der Waals surface area contributed by atoms with E-state index in [2.05, 4.69) is 56.5 Å². The highest BCUT2D eigenvalue weighted by Crippen LogP contribution is 2.27. The predicted molar refractivity (Wildman–Crippen MR) is 92.8 cm³/mol. The van der Waals surface area contributed by atoms with Gasteiger partial charge in [-0.3, -0.25) is 0 Å². The van der Waals surface area contributed by atoms with Gasteiger partial charge in [-0.1, -0.05) is 13.8 Å². The zero-order valence-electron chi connectivity index (χ0n) is 12.6. The SMILES string of the molecule is Cc1c(NN)nc(C(C)C)nc1N(C)Cc1csc(Br)c1. The minimum absolute atomic E-state index is 0.250. The van der Waals surface area contributed by atoms with Gasteiger partial charge in [0.05, 0.1) is 3.79 Å². The number of thiophene rings is 1. The molecule has 5 nitrogen and oxygen atoms in total. The molecule has 3 N–H and O–H groups in total. The van der Waals surface area contributed by atoms with Crippen molar-refractivity contribution < 1.29 is 0 Å². The summed E-state index contributed by atoms with van der Waals surface area (Å²) in [6, 6.07) is 2.13. The van der Waals surface area contributed by atoms with E-state index in [0.29, 0.717) is 5.82 Å². The molecule has 0 atom stereocenters. The van der Waals surface area contributed by atoms with Gasteiger partial charge < -0.3 is 10.3 Å². The van der Waals surface area contributed by atoms with Crippen LogP contribution >= 0.6 is 27.3 Å². The second-order valence-corrected chi connectivity index (χ2v) is 7.58. The second-order valence-electron chi connectivity index (χ2n) is 5.29. The number of anilines is 2. The summed E-state index contributed by atoms with van der Waals surface area (Å²) in [7, 11) is 2.03. The molecule has 2 heterocycles. The fourth-order valence-electron chi connectivity index (χ4n) is 2.07. The molecule has 0 aliphatic heterocycles. The maximum Gasteiger partial charge on any atom is 0.148 e. The molecule has 0 aliphatic rings. The van der Waals surface area contributed by atoms with Crippen LogP contribution in [0.25, 0.3) is 0 Å². The molecule has 0 saturated heterocycles. The molecule has 7 heteroatoms. The standard InChI is InChI=1S/C14H20BrN5S/c1-8(2)12-17-13(19-16)9(3)14(18-12)20(4)6-10-5-11(15)21-7-10/h5,7-8H,6,16H2,1-4H3,(H,17,18,19). The van der Waals surface area contributed by atoms with Crippen molar-refractivity contribution in [3.63, 3.8) is 0 Å². The maximum absolute atomic E-state index is 5.58. The first kappa shape index (κ1) is 16.2. The molecule has 21 heavy (non-hydrogen) atoms. The smallest absolute Gasteiger partial charge is 0.148 e. The molecule has 2 aromatic heterocycles. The lowest BCUT2D eigenvalue weighted by atomic mass is 10.2. The average molecular weight is 370 g/mol. The molecule has 2 rings (SSSR count). The van der Waals surface area contributed by atoms with Gasteiger partial charge in [0.1, 0.15) is 17.5 Å². The minimum atomic E-state index is 0.250. The number of rotatable bonds is 5. The van der Waals surface area contributed by atoms with Gasteiger partial charge in [-0.05, 0) is 39.9 Å². The second kappa shape index (κ2) is 6.72. The highest BCUT2D eigenvalue weighted by Gasteiger charge is 2.16. The Morgan fingerprint density at radius 3 is 2.67 bits per heavy atom. The van der Waals surface area contributed by atoms with Crippen molar-refractivity contribution in [1.29, 1.82) is 0 Å². The summed E-state index contributed by atoms with van der Waals surface area (Å²) in [4.78, 5) is 11.3. The zero-order valence-corrected chi connectivity index (χ0v) is 15.0. The summed E-state index contributed by atoms with van der Waals surface area (Å²) >= 11 is 5.18. The van der Waals surface area contributed by atoms with E-state index >= 15 is 0 Å². The fourth-order valence-corrected chi connectivity index (χ4v) is 3.27. The van der Waals surface area contributed by atoms with E-state index in [1.807, 2.05) is 14.0 Å². The normalized spacial score (nSPS) is 11.0. The highest BCUT2D eigenvalue weighted by atomic mass is 79.9. The molecule has 0 unspecified atom stereocenters. The van der Waals surface area contributed by atoms with Crippen LogP contribution in [0.1, 0.15) is 36.7 Å². The van der Waals surface area contributed by atoms with E-state index < -0.39 is 0 Å². The summed E-state index contributed by atoms with van der Waals surface area (Å²) in [5, 5.41) is 2.14. The molecule has 0 saturated carbocycles. The quantitative estimate of drug-likeness (QED) is 0.621. The number of nitrogens with one attached hydrogen (secondary N) is 1. The van der Waals surface area contributed by atoms with Crippen LogP contribution in [0.5, 0.6) is 0 Å². The largest absolute Gasteiger partial charge is 0.355 e. The number of hydrogen-bond donors (Lipinski definition) is 2. The fraction of sp³-hybridized carbons (Fsp3) is 0.429. The maximum atomic E-state index is 5.58. The lowest BCUT2D eigenvalue weighted by Gasteiger charge is -2.22. The van der Waals surface area contributed by atoms with Crippen LogP contribution in [0.15, 0.2) is 15.2 Å². The van der Waals surface area contributed by atoms with E-state index in [0.717, 1.165) is 27.5 Å². The van der Waals surface area contributed by atoms with Crippen molar-refractivity contribution in [3.8, 4) is 0 Å². The third-order valence-electron chi connectivity index (χ3n) is 3.19. The molecular formula is C14H20BrN5S. The molecule has 0 fully saturated rings. The molecule has 0 amide bonds. The molecule has 0 spiro atoms. The topological polar surface area (TPSA) is 67.1 Å². The highest BCUT2D eigenvalue weighted by molar-refractivity contribution is 9.11. The Bertz CT molecular complexity index is 626. The third kappa shape index (κ3) is 3.72. The Balaban J connectivity index is 2.34. The van der Waals surface area contributed by atoms with Gasteiger partial charge >= 0.3 is 0 Å². The summed E-state index contributed by atoms with van der Waals surface area (Å²) in [5.41, 5.74) is 4.88. The Kier molecular flexibility index (Phi) is 5.18. The van der Waals surface area contributed by atoms with Gasteiger partial charge in [0.2, 0.25) is 0 Å². The van der Waals surface area contributed by atoms with E-state index in [9.17, 15) is 0 Å². The van der Waals surface area contributed by atoms with E-state index in [1.54, 1.807) is 11.3 Å². The molecule has 0 radical (unpaired) electrons. The molecular weight excluding hydrogens is 350 g/mol. The van der Waals surface area contributed by atoms with Crippen LogP contribution in [-0.4, -0.2) is 17.0 Å². The van der Waals surface area contributed by atoms with Crippen LogP contribution in [0.2, 0.25) is 0 Å². The average Bonchev–Trinajstić information content (AvgIpc) is 2.83. The van der Waals surface area contributed by atoms with Gasteiger partial charge in [-0.15, -0.1) is 11.3 Å². The van der Waals surface area contributed by atoms with E-state index in [4.69, 9.17) is 10.8 Å². The van der Waals surface area contributed by atoms with E-state index in [-0.39, 0.29) is 5.92 Å². The number of aromatic nitrogens is 2. The van der Waals surface area contributed by atoms with Crippen molar-refractivity contribution in [2.75, 3.05) is 17.4 Å². The monoisotopic (exact) mass is 369 g/mol. The predicted octanol–water partition coefficient (Wildman–Crippen LogP) is 3.65. The molecule has 0 bridgehead atoms. The van der Waals surface area contributed by atoms with Crippen molar-refractivity contribution >= 4 is 38.9 Å². The Hall–Kier alpha value is -1.18. The zero-order chi connectivity index (χ0) is 15.6. The number of halogens is 1. The number of nitrogens with zero attached hydrogens (tertiary/aromatic N) is 3. The molecule has 2 aromatic rings. The van der Waals surface area contributed by atoms with Gasteiger partial charge in [0, 0.05) is 25.1 Å². The number of nitrogens with two attached hydrogens (primary N) is 1. The summed E-state index contributed by atoms with van der Waals surface area (Å²) in [6.07, 6.45) is 0. The van der Waals surface area contributed by atoms with Crippen LogP contribution in [0, 0.1) is 6.92 Å². The van der Waals surface area contributed by atoms with Crippen molar-refractivity contribution in [2.45, 2.75) is 33.2 Å². The van der Waals surface area contributed by atoms with Gasteiger partial charge in [-0.25, -0.2) is 15.8 Å². The number of nitrogen functional groups attached to an aromatic ring is 1. The van der Waals surface area contributed by atoms with E-state index in [1.165, 1.54) is 5.56 Å². The summed E-state index contributed by atoms with van der Waals surface area (Å²) in [6.45, 7) is 6.92. The van der Waals surface area contributed by atoms with Gasteiger partial charge in [-0.2, -0.15) is 0 Å². The molecule has 0 aliphatic carbocycles. The van der Waals surface area contributed by atoms with Gasteiger partial charge in [0.25, 0.3) is 0 Å². The van der Waals surface area contributed by atoms with Crippen molar-refractivity contribution in [2.24, 2.45) is 5.84 Å². The van der Waals surface area contributed by atoms with Crippen LogP contribution < -0.4 is 16.2 Å². The molecule has 0 aromatic carbocycles. The lowest BCUT2D eigenvalue weighted by Crippen LogP contribution is -2.22. The molecule has 114 valence electrons. The lowest BCUT2D eigenvalue weighted by molar-refractivity contribution is 0.759. The Morgan fingerprint density at radius 2 is 2.14 bits per heavy atom. The summed E-state index contributed by atoms with van der Waals surface area (Å²) in [5.74, 6) is 8.21. The van der Waals surface area contributed by atoms with Crippen molar-refractivity contribution in [1.82, 2.24) is 9.97 Å². The van der Waals surface area contributed by atoms with Gasteiger partial charge in [0.15, 0.2) is 0 Å². The van der Waals surface area contributed by atoms with Crippen LogP contribution in [0.3, 0.4) is 0 Å². The first-order valence-electron chi connectivity index (χ1n) is 6.71. The van der Waals surface area contributed by atoms with Crippen LogP contribution in [0.4, 0.5) is 11.6 Å². The van der Waals surface area contributed by atoms with Crippen molar-refractivity contribution in [3.05, 3.63) is 32.2 Å². The Labute approximate surface area is 137 Å². The number of hydrogen-bond acceptors (Lipinski definition) is 6. The number of hydrazine groups is 1. The third-order valence-corrected chi connectivity index (χ3v) is 4.75. The first-order chi connectivity index (χ1) is 9.92. The summed E-state index contributed by atoms with van der Waals surface area (Å²) < 4.78 is 1.14. The van der Waals surface area contributed by atoms with Crippen LogP contribution in [-0.2, 0) is 6.54 Å².